The first kappa shape index (κ1) is 18.5. The summed E-state index contributed by atoms with van der Waals surface area (Å²) in [5, 5.41) is 0. The van der Waals surface area contributed by atoms with E-state index in [1.54, 1.807) is 17.0 Å². The van der Waals surface area contributed by atoms with Crippen LogP contribution in [0.5, 0.6) is 0 Å². The van der Waals surface area contributed by atoms with Gasteiger partial charge in [0.2, 0.25) is 5.91 Å². The van der Waals surface area contributed by atoms with Crippen LogP contribution in [0.2, 0.25) is 0 Å². The Balaban J connectivity index is 1.37. The lowest BCUT2D eigenvalue weighted by molar-refractivity contribution is -0.125. The number of nitrogens with zero attached hydrogens (tertiary/aromatic N) is 3. The van der Waals surface area contributed by atoms with Crippen LogP contribution in [0.3, 0.4) is 0 Å². The van der Waals surface area contributed by atoms with Crippen LogP contribution in [0.25, 0.3) is 0 Å². The smallest absolute Gasteiger partial charge is 0.327 e. The molecule has 0 saturated carbocycles. The molecule has 0 spiro atoms. The highest BCUT2D eigenvalue weighted by atomic mass is 19.1. The van der Waals surface area contributed by atoms with Gasteiger partial charge in [0.05, 0.1) is 0 Å². The Bertz CT molecular complexity index is 884. The minimum Gasteiger partial charge on any atom is -0.371 e. The number of benzene rings is 2. The van der Waals surface area contributed by atoms with Crippen molar-refractivity contribution in [2.24, 2.45) is 5.92 Å². The molecular formula is C22H24FN3O2. The lowest BCUT2D eigenvalue weighted by Gasteiger charge is -2.22. The summed E-state index contributed by atoms with van der Waals surface area (Å²) in [6.07, 6.45) is 0.909. The highest BCUT2D eigenvalue weighted by molar-refractivity contribution is 6.02. The predicted molar refractivity (Wildman–Crippen MR) is 105 cm³/mol. The maximum atomic E-state index is 13.1. The summed E-state index contributed by atoms with van der Waals surface area (Å²) in [5.41, 5.74) is 3.16. The maximum Gasteiger partial charge on any atom is 0.327 e. The van der Waals surface area contributed by atoms with Crippen LogP contribution >= 0.6 is 0 Å². The molecule has 1 atom stereocenters. The first-order valence-corrected chi connectivity index (χ1v) is 9.65. The second-order valence-corrected chi connectivity index (χ2v) is 7.65. The summed E-state index contributed by atoms with van der Waals surface area (Å²) in [7, 11) is 0. The van der Waals surface area contributed by atoms with Gasteiger partial charge in [0.25, 0.3) is 0 Å². The van der Waals surface area contributed by atoms with E-state index in [0.29, 0.717) is 13.1 Å². The van der Waals surface area contributed by atoms with E-state index in [4.69, 9.17) is 0 Å². The Kier molecular flexibility index (Phi) is 5.03. The fraction of sp³-hybridized carbons (Fsp3) is 0.364. The largest absolute Gasteiger partial charge is 0.371 e. The van der Waals surface area contributed by atoms with Crippen molar-refractivity contribution in [2.75, 3.05) is 31.1 Å². The van der Waals surface area contributed by atoms with Crippen molar-refractivity contribution < 1.29 is 14.0 Å². The number of carbonyl (C=O) groups excluding carboxylic acids is 2. The van der Waals surface area contributed by atoms with Crippen LogP contribution in [0.15, 0.2) is 48.5 Å². The minimum absolute atomic E-state index is 0.126. The van der Waals surface area contributed by atoms with Crippen molar-refractivity contribution >= 4 is 17.6 Å². The van der Waals surface area contributed by atoms with Gasteiger partial charge in [-0.2, -0.15) is 0 Å². The molecule has 0 aromatic heterocycles. The van der Waals surface area contributed by atoms with Gasteiger partial charge in [-0.15, -0.1) is 0 Å². The van der Waals surface area contributed by atoms with E-state index >= 15 is 0 Å². The van der Waals surface area contributed by atoms with Gasteiger partial charge in [-0.25, -0.2) is 9.18 Å². The number of carbonyl (C=O) groups is 2. The average molecular weight is 381 g/mol. The minimum atomic E-state index is -0.249. The van der Waals surface area contributed by atoms with Crippen LogP contribution in [0, 0.1) is 18.7 Å². The third-order valence-electron chi connectivity index (χ3n) is 5.67. The third-order valence-corrected chi connectivity index (χ3v) is 5.67. The number of hydrogen-bond acceptors (Lipinski definition) is 3. The van der Waals surface area contributed by atoms with Crippen molar-refractivity contribution in [3.8, 4) is 0 Å². The first-order chi connectivity index (χ1) is 13.5. The molecule has 2 aromatic carbocycles. The van der Waals surface area contributed by atoms with E-state index in [2.05, 4.69) is 4.90 Å². The first-order valence-electron chi connectivity index (χ1n) is 9.65. The maximum absolute atomic E-state index is 13.1. The van der Waals surface area contributed by atoms with Crippen LogP contribution in [-0.4, -0.2) is 47.9 Å². The van der Waals surface area contributed by atoms with Gasteiger partial charge in [-0.1, -0.05) is 24.3 Å². The summed E-state index contributed by atoms with van der Waals surface area (Å²) in [6, 6.07) is 14.2. The lowest BCUT2D eigenvalue weighted by atomic mass is 10.1. The molecule has 5 nitrogen and oxygen atoms in total. The molecule has 146 valence electrons. The Morgan fingerprint density at radius 2 is 1.82 bits per heavy atom. The van der Waals surface area contributed by atoms with Crippen LogP contribution in [0.4, 0.5) is 14.9 Å². The molecule has 4 rings (SSSR count). The fourth-order valence-electron chi connectivity index (χ4n) is 4.02. The van der Waals surface area contributed by atoms with Crippen molar-refractivity contribution in [2.45, 2.75) is 19.9 Å². The number of aryl methyl sites for hydroxylation is 1. The van der Waals surface area contributed by atoms with Gasteiger partial charge in [0.15, 0.2) is 0 Å². The molecule has 0 N–H and O–H groups in total. The second-order valence-electron chi connectivity index (χ2n) is 7.65. The Hall–Kier alpha value is -2.89. The van der Waals surface area contributed by atoms with Gasteiger partial charge in [-0.05, 0) is 54.7 Å². The molecular weight excluding hydrogens is 357 g/mol. The topological polar surface area (TPSA) is 43.9 Å². The Labute approximate surface area is 164 Å². The van der Waals surface area contributed by atoms with Crippen molar-refractivity contribution in [3.63, 3.8) is 0 Å². The highest BCUT2D eigenvalue weighted by Gasteiger charge is 2.38. The molecule has 2 saturated heterocycles. The summed E-state index contributed by atoms with van der Waals surface area (Å²) in [5.74, 6) is -0.142. The summed E-state index contributed by atoms with van der Waals surface area (Å²) < 4.78 is 13.1. The van der Waals surface area contributed by atoms with E-state index < -0.39 is 0 Å². The molecule has 6 heteroatoms. The standard InChI is InChI=1S/C22H24FN3O2/c1-16-4-2-3-5-18(16)14-25-15-21(27)26(22(25)28)13-17-10-11-24(12-17)20-8-6-19(23)7-9-20/h2-9,17H,10-15H2,1H3. The Morgan fingerprint density at radius 3 is 2.57 bits per heavy atom. The van der Waals surface area contributed by atoms with E-state index in [1.165, 1.54) is 17.0 Å². The summed E-state index contributed by atoms with van der Waals surface area (Å²) >= 11 is 0. The molecule has 0 radical (unpaired) electrons. The van der Waals surface area contributed by atoms with E-state index in [1.807, 2.05) is 31.2 Å². The van der Waals surface area contributed by atoms with Gasteiger partial charge in [-0.3, -0.25) is 9.69 Å². The number of amides is 3. The summed E-state index contributed by atoms with van der Waals surface area (Å²) in [4.78, 5) is 30.4. The molecule has 28 heavy (non-hydrogen) atoms. The Morgan fingerprint density at radius 1 is 1.07 bits per heavy atom. The number of halogens is 1. The second kappa shape index (κ2) is 7.62. The monoisotopic (exact) mass is 381 g/mol. The molecule has 0 aliphatic carbocycles. The average Bonchev–Trinajstić information content (AvgIpc) is 3.25. The van der Waals surface area contributed by atoms with Gasteiger partial charge in [0, 0.05) is 31.9 Å². The zero-order chi connectivity index (χ0) is 19.7. The van der Waals surface area contributed by atoms with Crippen LogP contribution < -0.4 is 4.90 Å². The molecule has 2 heterocycles. The molecule has 3 amide bonds. The molecule has 2 fully saturated rings. The van der Waals surface area contributed by atoms with Crippen LogP contribution in [0.1, 0.15) is 17.5 Å². The zero-order valence-corrected chi connectivity index (χ0v) is 16.0. The van der Waals surface area contributed by atoms with Crippen LogP contribution in [-0.2, 0) is 11.3 Å². The quantitative estimate of drug-likeness (QED) is 0.746. The number of anilines is 1. The highest BCUT2D eigenvalue weighted by Crippen LogP contribution is 2.26. The lowest BCUT2D eigenvalue weighted by Crippen LogP contribution is -2.37. The number of hydrogen-bond donors (Lipinski definition) is 0. The molecule has 0 bridgehead atoms. The zero-order valence-electron chi connectivity index (χ0n) is 16.0. The number of imide groups is 1. The van der Waals surface area contributed by atoms with Crippen molar-refractivity contribution in [1.82, 2.24) is 9.80 Å². The van der Waals surface area contributed by atoms with Gasteiger partial charge in [0.1, 0.15) is 12.4 Å². The predicted octanol–water partition coefficient (Wildman–Crippen LogP) is 3.42. The fourth-order valence-corrected chi connectivity index (χ4v) is 4.02. The normalized spacial score (nSPS) is 19.8. The van der Waals surface area contributed by atoms with Gasteiger partial charge < -0.3 is 9.80 Å². The third kappa shape index (κ3) is 3.72. The number of urea groups is 1. The molecule has 2 aliphatic heterocycles. The van der Waals surface area contributed by atoms with Crippen molar-refractivity contribution in [1.29, 1.82) is 0 Å². The molecule has 2 aromatic rings. The summed E-state index contributed by atoms with van der Waals surface area (Å²) in [6.45, 7) is 4.67. The SMILES string of the molecule is Cc1ccccc1CN1CC(=O)N(CC2CCN(c3ccc(F)cc3)C2)C1=O. The van der Waals surface area contributed by atoms with E-state index in [9.17, 15) is 14.0 Å². The van der Waals surface area contributed by atoms with E-state index in [0.717, 1.165) is 36.3 Å². The van der Waals surface area contributed by atoms with Gasteiger partial charge >= 0.3 is 6.03 Å². The molecule has 2 aliphatic rings. The van der Waals surface area contributed by atoms with Crippen molar-refractivity contribution in [3.05, 3.63) is 65.5 Å². The number of rotatable bonds is 5. The molecule has 1 unspecified atom stereocenters. The van der Waals surface area contributed by atoms with E-state index in [-0.39, 0.29) is 30.2 Å².